The smallest absolute Gasteiger partial charge is 0.444 e. The summed E-state index contributed by atoms with van der Waals surface area (Å²) in [5.41, 5.74) is -0.641. The lowest BCUT2D eigenvalue weighted by molar-refractivity contribution is 0.0515. The number of alkyl halides is 1. The number of halogens is 1. The average molecular weight is 257 g/mol. The van der Waals surface area contributed by atoms with Crippen LogP contribution in [0.15, 0.2) is 0 Å². The molecule has 2 atom stereocenters. The van der Waals surface area contributed by atoms with Crippen LogP contribution in [0.5, 0.6) is 0 Å². The number of nitrogens with one attached hydrogen (secondary N) is 1. The normalized spacial score (nSPS) is 13.4. The highest BCUT2D eigenvalue weighted by molar-refractivity contribution is 7.38. The van der Waals surface area contributed by atoms with E-state index in [0.29, 0.717) is 0 Å². The Morgan fingerprint density at radius 2 is 2.06 bits per heavy atom. The van der Waals surface area contributed by atoms with Crippen molar-refractivity contribution in [2.45, 2.75) is 32.5 Å². The third-order valence-corrected chi connectivity index (χ3v) is 1.93. The van der Waals surface area contributed by atoms with Gasteiger partial charge in [0, 0.05) is 0 Å². The number of carbonyl (C=O) groups is 1. The Morgan fingerprint density at radius 1 is 1.56 bits per heavy atom. The van der Waals surface area contributed by atoms with Crippen molar-refractivity contribution in [1.29, 1.82) is 0 Å². The van der Waals surface area contributed by atoms with E-state index in [0.717, 1.165) is 0 Å². The molecule has 0 bridgehead atoms. The van der Waals surface area contributed by atoms with Crippen LogP contribution < -0.4 is 11.5 Å². The van der Waals surface area contributed by atoms with Gasteiger partial charge in [0.2, 0.25) is 6.16 Å². The summed E-state index contributed by atoms with van der Waals surface area (Å²) in [4.78, 5) is 19.4. The number of ether oxygens (including phenoxy) is 1. The predicted octanol–water partition coefficient (Wildman–Crippen LogP) is 1.75. The van der Waals surface area contributed by atoms with Crippen LogP contribution in [0.25, 0.3) is 0 Å². The lowest BCUT2D eigenvalue weighted by Gasteiger charge is -2.19. The SMILES string of the molecule is CC(C)(C)OC(=O)NC[C@H](F)C[P+](=O)O.N. The van der Waals surface area contributed by atoms with Crippen molar-refractivity contribution in [2.75, 3.05) is 12.7 Å². The van der Waals surface area contributed by atoms with Crippen molar-refractivity contribution in [3.05, 3.63) is 0 Å². The zero-order chi connectivity index (χ0) is 12.1. The maximum absolute atomic E-state index is 12.8. The second-order valence-electron chi connectivity index (χ2n) is 4.01. The molecule has 0 aromatic rings. The van der Waals surface area contributed by atoms with Gasteiger partial charge < -0.3 is 16.2 Å². The molecule has 0 aliphatic carbocycles. The first-order chi connectivity index (χ1) is 6.70. The van der Waals surface area contributed by atoms with E-state index in [1.807, 2.05) is 0 Å². The fraction of sp³-hybridized carbons (Fsp3) is 0.875. The molecule has 0 aliphatic rings. The molecule has 96 valence electrons. The highest BCUT2D eigenvalue weighted by atomic mass is 31.1. The van der Waals surface area contributed by atoms with Gasteiger partial charge in [-0.25, -0.2) is 9.18 Å². The number of alkyl carbamates (subject to hydrolysis) is 1. The first kappa shape index (κ1) is 17.6. The van der Waals surface area contributed by atoms with E-state index in [1.54, 1.807) is 20.8 Å². The van der Waals surface area contributed by atoms with Crippen LogP contribution in [0.2, 0.25) is 0 Å². The van der Waals surface area contributed by atoms with Crippen molar-refractivity contribution >= 4 is 14.1 Å². The molecular formula is C8H19FN2O4P+. The van der Waals surface area contributed by atoms with Crippen LogP contribution in [0, 0.1) is 0 Å². The molecule has 0 saturated carbocycles. The Labute approximate surface area is 95.0 Å². The molecule has 16 heavy (non-hydrogen) atoms. The monoisotopic (exact) mass is 257 g/mol. The first-order valence-electron chi connectivity index (χ1n) is 4.45. The van der Waals surface area contributed by atoms with Crippen molar-refractivity contribution < 1.29 is 23.4 Å². The van der Waals surface area contributed by atoms with Crippen LogP contribution in [0.4, 0.5) is 9.18 Å². The van der Waals surface area contributed by atoms with Gasteiger partial charge in [-0.2, -0.15) is 4.89 Å². The zero-order valence-corrected chi connectivity index (χ0v) is 10.6. The van der Waals surface area contributed by atoms with Crippen molar-refractivity contribution in [3.8, 4) is 0 Å². The van der Waals surface area contributed by atoms with Gasteiger partial charge >= 0.3 is 14.1 Å². The van der Waals surface area contributed by atoms with E-state index in [2.05, 4.69) is 5.32 Å². The number of hydrogen-bond acceptors (Lipinski definition) is 4. The summed E-state index contributed by atoms with van der Waals surface area (Å²) < 4.78 is 27.9. The van der Waals surface area contributed by atoms with E-state index in [-0.39, 0.29) is 12.7 Å². The van der Waals surface area contributed by atoms with E-state index in [1.165, 1.54) is 0 Å². The first-order valence-corrected chi connectivity index (χ1v) is 5.85. The van der Waals surface area contributed by atoms with Gasteiger partial charge in [0.15, 0.2) is 6.17 Å². The van der Waals surface area contributed by atoms with Crippen molar-refractivity contribution in [1.82, 2.24) is 11.5 Å². The molecule has 0 aromatic carbocycles. The van der Waals surface area contributed by atoms with Gasteiger partial charge in [0.05, 0.1) is 6.54 Å². The summed E-state index contributed by atoms with van der Waals surface area (Å²) in [6.07, 6.45) is -2.75. The highest BCUT2D eigenvalue weighted by Gasteiger charge is 2.22. The maximum Gasteiger partial charge on any atom is 0.508 e. The predicted molar refractivity (Wildman–Crippen MR) is 58.8 cm³/mol. The summed E-state index contributed by atoms with van der Waals surface area (Å²) in [7, 11) is -2.51. The molecule has 1 amide bonds. The van der Waals surface area contributed by atoms with Gasteiger partial charge in [-0.05, 0) is 25.3 Å². The van der Waals surface area contributed by atoms with Gasteiger partial charge in [0.25, 0.3) is 0 Å². The summed E-state index contributed by atoms with van der Waals surface area (Å²) in [5, 5.41) is 2.17. The topological polar surface area (TPSA) is 111 Å². The van der Waals surface area contributed by atoms with E-state index in [4.69, 9.17) is 9.63 Å². The second-order valence-corrected chi connectivity index (χ2v) is 5.08. The molecule has 8 heteroatoms. The van der Waals surface area contributed by atoms with Gasteiger partial charge in [0.1, 0.15) is 5.60 Å². The van der Waals surface area contributed by atoms with E-state index in [9.17, 15) is 13.8 Å². The quantitative estimate of drug-likeness (QED) is 0.664. The minimum atomic E-state index is -2.51. The number of hydrogen-bond donors (Lipinski definition) is 3. The summed E-state index contributed by atoms with van der Waals surface area (Å²) in [6, 6.07) is 0. The summed E-state index contributed by atoms with van der Waals surface area (Å²) in [5.74, 6) is 0. The Hall–Kier alpha value is -0.780. The third-order valence-electron chi connectivity index (χ3n) is 1.22. The molecule has 1 unspecified atom stereocenters. The second kappa shape index (κ2) is 7.49. The molecule has 0 aliphatic heterocycles. The Morgan fingerprint density at radius 3 is 2.44 bits per heavy atom. The lowest BCUT2D eigenvalue weighted by atomic mass is 10.2. The standard InChI is InChI=1S/C8H15FNO4P.H3N/c1-8(2,3)14-7(11)10-4-6(9)5-15(12)13;/h6H,4-5H2,1-3H3,(H-,10,11,12,13);1H3/p+1/t6-;/m0./s1. The van der Waals surface area contributed by atoms with E-state index >= 15 is 0 Å². The fourth-order valence-corrected chi connectivity index (χ4v) is 1.21. The molecule has 0 heterocycles. The molecule has 0 saturated heterocycles. The third kappa shape index (κ3) is 11.3. The fourth-order valence-electron chi connectivity index (χ4n) is 0.742. The molecular weight excluding hydrogens is 238 g/mol. The zero-order valence-electron chi connectivity index (χ0n) is 9.70. The number of amides is 1. The van der Waals surface area contributed by atoms with Crippen LogP contribution in [-0.2, 0) is 9.30 Å². The van der Waals surface area contributed by atoms with E-state index < -0.39 is 32.1 Å². The van der Waals surface area contributed by atoms with Crippen molar-refractivity contribution in [3.63, 3.8) is 0 Å². The van der Waals surface area contributed by atoms with Crippen molar-refractivity contribution in [2.24, 2.45) is 0 Å². The molecule has 6 nitrogen and oxygen atoms in total. The largest absolute Gasteiger partial charge is 0.508 e. The molecule has 0 fully saturated rings. The molecule has 5 N–H and O–H groups in total. The number of rotatable bonds is 4. The maximum atomic E-state index is 12.8. The lowest BCUT2D eigenvalue weighted by Crippen LogP contribution is -2.36. The van der Waals surface area contributed by atoms with Crippen LogP contribution in [0.3, 0.4) is 0 Å². The summed E-state index contributed by atoms with van der Waals surface area (Å²) >= 11 is 0. The Kier molecular flexibility index (Phi) is 8.24. The summed E-state index contributed by atoms with van der Waals surface area (Å²) in [6.45, 7) is 4.73. The number of carbonyl (C=O) groups excluding carboxylic acids is 1. The van der Waals surface area contributed by atoms with Gasteiger partial charge in [-0.3, -0.25) is 0 Å². The molecule has 0 aromatic heterocycles. The average Bonchev–Trinajstić information content (AvgIpc) is 1.96. The highest BCUT2D eigenvalue weighted by Crippen LogP contribution is 2.15. The molecule has 0 radical (unpaired) electrons. The van der Waals surface area contributed by atoms with Crippen LogP contribution >= 0.6 is 8.03 Å². The minimum Gasteiger partial charge on any atom is -0.444 e. The van der Waals surface area contributed by atoms with Crippen LogP contribution in [-0.4, -0.2) is 35.5 Å². The molecule has 0 spiro atoms. The molecule has 0 rings (SSSR count). The van der Waals surface area contributed by atoms with Gasteiger partial charge in [-0.1, -0.05) is 0 Å². The van der Waals surface area contributed by atoms with Gasteiger partial charge in [-0.15, -0.1) is 0 Å². The minimum absolute atomic E-state index is 0. The Bertz CT molecular complexity index is 245. The van der Waals surface area contributed by atoms with Crippen LogP contribution in [0.1, 0.15) is 20.8 Å². The Balaban J connectivity index is 0.